The SMILES string of the molecule is CCC1CCN(c2ccnc(C(C)C)c2)C1. The molecule has 0 amide bonds. The van der Waals surface area contributed by atoms with Crippen LogP contribution in [0.4, 0.5) is 5.69 Å². The van der Waals surface area contributed by atoms with Crippen LogP contribution in [-0.4, -0.2) is 18.1 Å². The van der Waals surface area contributed by atoms with Crippen LogP contribution in [0.1, 0.15) is 45.2 Å². The third kappa shape index (κ3) is 2.37. The Kier molecular flexibility index (Phi) is 3.47. The predicted molar refractivity (Wildman–Crippen MR) is 68.9 cm³/mol. The van der Waals surface area contributed by atoms with Crippen molar-refractivity contribution in [2.75, 3.05) is 18.0 Å². The Hall–Kier alpha value is -1.05. The van der Waals surface area contributed by atoms with Gasteiger partial charge in [0.2, 0.25) is 0 Å². The highest BCUT2D eigenvalue weighted by Gasteiger charge is 2.21. The summed E-state index contributed by atoms with van der Waals surface area (Å²) in [5.41, 5.74) is 2.56. The molecule has 0 aromatic carbocycles. The van der Waals surface area contributed by atoms with E-state index in [1.807, 2.05) is 6.20 Å². The number of nitrogens with zero attached hydrogens (tertiary/aromatic N) is 2. The summed E-state index contributed by atoms with van der Waals surface area (Å²) in [7, 11) is 0. The zero-order valence-electron chi connectivity index (χ0n) is 10.6. The van der Waals surface area contributed by atoms with Gasteiger partial charge >= 0.3 is 0 Å². The topological polar surface area (TPSA) is 16.1 Å². The Morgan fingerprint density at radius 3 is 2.94 bits per heavy atom. The molecular formula is C14H22N2. The fraction of sp³-hybridized carbons (Fsp3) is 0.643. The van der Waals surface area contributed by atoms with Crippen molar-refractivity contribution in [3.8, 4) is 0 Å². The molecule has 1 aliphatic rings. The van der Waals surface area contributed by atoms with Gasteiger partial charge in [-0.15, -0.1) is 0 Å². The highest BCUT2D eigenvalue weighted by molar-refractivity contribution is 5.47. The molecule has 88 valence electrons. The molecule has 1 aromatic heterocycles. The average Bonchev–Trinajstić information content (AvgIpc) is 2.77. The minimum atomic E-state index is 0.518. The molecule has 1 aliphatic heterocycles. The van der Waals surface area contributed by atoms with E-state index in [-0.39, 0.29) is 0 Å². The zero-order chi connectivity index (χ0) is 11.5. The molecule has 2 heteroatoms. The first-order chi connectivity index (χ1) is 7.70. The van der Waals surface area contributed by atoms with Crippen molar-refractivity contribution in [3.05, 3.63) is 24.0 Å². The van der Waals surface area contributed by atoms with Crippen molar-refractivity contribution in [2.45, 2.75) is 39.5 Å². The van der Waals surface area contributed by atoms with Crippen molar-refractivity contribution in [3.63, 3.8) is 0 Å². The van der Waals surface area contributed by atoms with E-state index in [0.717, 1.165) is 5.92 Å². The van der Waals surface area contributed by atoms with Crippen LogP contribution in [0, 0.1) is 5.92 Å². The number of hydrogen-bond acceptors (Lipinski definition) is 2. The van der Waals surface area contributed by atoms with E-state index in [2.05, 4.69) is 42.8 Å². The minimum absolute atomic E-state index is 0.518. The molecule has 0 bridgehead atoms. The average molecular weight is 218 g/mol. The van der Waals surface area contributed by atoms with Gasteiger partial charge in [-0.25, -0.2) is 0 Å². The second kappa shape index (κ2) is 4.86. The first kappa shape index (κ1) is 11.4. The van der Waals surface area contributed by atoms with Crippen LogP contribution in [0.15, 0.2) is 18.3 Å². The molecule has 0 saturated carbocycles. The van der Waals surface area contributed by atoms with Crippen molar-refractivity contribution < 1.29 is 0 Å². The molecule has 1 saturated heterocycles. The van der Waals surface area contributed by atoms with Gasteiger partial charge in [0.15, 0.2) is 0 Å². The van der Waals surface area contributed by atoms with Gasteiger partial charge in [-0.1, -0.05) is 27.2 Å². The summed E-state index contributed by atoms with van der Waals surface area (Å²) in [6.45, 7) is 9.12. The summed E-state index contributed by atoms with van der Waals surface area (Å²) in [4.78, 5) is 6.92. The summed E-state index contributed by atoms with van der Waals surface area (Å²) >= 11 is 0. The van der Waals surface area contributed by atoms with Crippen LogP contribution in [-0.2, 0) is 0 Å². The van der Waals surface area contributed by atoms with Gasteiger partial charge in [-0.2, -0.15) is 0 Å². The van der Waals surface area contributed by atoms with Crippen LogP contribution >= 0.6 is 0 Å². The first-order valence-electron chi connectivity index (χ1n) is 6.41. The standard InChI is InChI=1S/C14H22N2/c1-4-12-6-8-16(10-12)13-5-7-15-14(9-13)11(2)3/h5,7,9,11-12H,4,6,8,10H2,1-3H3. The molecule has 2 rings (SSSR count). The van der Waals surface area contributed by atoms with Crippen LogP contribution in [0.25, 0.3) is 0 Å². The molecule has 2 heterocycles. The van der Waals surface area contributed by atoms with E-state index in [0.29, 0.717) is 5.92 Å². The molecule has 1 aromatic rings. The van der Waals surface area contributed by atoms with Gasteiger partial charge in [0, 0.05) is 30.7 Å². The Bertz CT molecular complexity index is 346. The summed E-state index contributed by atoms with van der Waals surface area (Å²) in [6, 6.07) is 4.40. The minimum Gasteiger partial charge on any atom is -0.371 e. The predicted octanol–water partition coefficient (Wildman–Crippen LogP) is 3.44. The van der Waals surface area contributed by atoms with Gasteiger partial charge in [0.1, 0.15) is 0 Å². The quantitative estimate of drug-likeness (QED) is 0.772. The maximum Gasteiger partial charge on any atom is 0.0449 e. The van der Waals surface area contributed by atoms with Crippen molar-refractivity contribution in [2.24, 2.45) is 5.92 Å². The second-order valence-corrected chi connectivity index (χ2v) is 5.10. The number of hydrogen-bond donors (Lipinski definition) is 0. The van der Waals surface area contributed by atoms with Crippen molar-refractivity contribution in [1.82, 2.24) is 4.98 Å². The molecule has 16 heavy (non-hydrogen) atoms. The maximum atomic E-state index is 4.42. The fourth-order valence-electron chi connectivity index (χ4n) is 2.35. The molecule has 0 spiro atoms. The Balaban J connectivity index is 2.12. The maximum absolute atomic E-state index is 4.42. The lowest BCUT2D eigenvalue weighted by molar-refractivity contribution is 0.569. The van der Waals surface area contributed by atoms with Gasteiger partial charge < -0.3 is 4.90 Å². The molecule has 2 nitrogen and oxygen atoms in total. The first-order valence-corrected chi connectivity index (χ1v) is 6.41. The zero-order valence-corrected chi connectivity index (χ0v) is 10.6. The van der Waals surface area contributed by atoms with Gasteiger partial charge in [0.05, 0.1) is 0 Å². The molecule has 0 radical (unpaired) electrons. The van der Waals surface area contributed by atoms with Crippen molar-refractivity contribution in [1.29, 1.82) is 0 Å². The number of anilines is 1. The molecule has 0 aliphatic carbocycles. The molecule has 1 unspecified atom stereocenters. The summed E-state index contributed by atoms with van der Waals surface area (Å²) in [6.07, 6.45) is 4.60. The normalized spacial score (nSPS) is 20.8. The second-order valence-electron chi connectivity index (χ2n) is 5.10. The van der Waals surface area contributed by atoms with E-state index in [1.54, 1.807) is 0 Å². The summed E-state index contributed by atoms with van der Waals surface area (Å²) in [5.74, 6) is 1.40. The van der Waals surface area contributed by atoms with Crippen molar-refractivity contribution >= 4 is 5.69 Å². The Morgan fingerprint density at radius 2 is 2.31 bits per heavy atom. The third-order valence-corrected chi connectivity index (χ3v) is 3.58. The fourth-order valence-corrected chi connectivity index (χ4v) is 2.35. The van der Waals surface area contributed by atoms with Crippen LogP contribution in [0.3, 0.4) is 0 Å². The lowest BCUT2D eigenvalue weighted by Crippen LogP contribution is -2.19. The smallest absolute Gasteiger partial charge is 0.0449 e. The number of pyridine rings is 1. The van der Waals surface area contributed by atoms with Crippen LogP contribution in [0.2, 0.25) is 0 Å². The number of rotatable bonds is 3. The number of aromatic nitrogens is 1. The van der Waals surface area contributed by atoms with E-state index in [9.17, 15) is 0 Å². The van der Waals surface area contributed by atoms with E-state index in [4.69, 9.17) is 0 Å². The monoisotopic (exact) mass is 218 g/mol. The summed E-state index contributed by atoms with van der Waals surface area (Å²) in [5, 5.41) is 0. The largest absolute Gasteiger partial charge is 0.371 e. The van der Waals surface area contributed by atoms with Gasteiger partial charge in [-0.3, -0.25) is 4.98 Å². The molecular weight excluding hydrogens is 196 g/mol. The van der Waals surface area contributed by atoms with E-state index in [1.165, 1.54) is 37.3 Å². The van der Waals surface area contributed by atoms with E-state index >= 15 is 0 Å². The molecule has 1 fully saturated rings. The van der Waals surface area contributed by atoms with E-state index < -0.39 is 0 Å². The Morgan fingerprint density at radius 1 is 1.50 bits per heavy atom. The molecule has 1 atom stereocenters. The van der Waals surface area contributed by atoms with Crippen LogP contribution < -0.4 is 4.90 Å². The molecule has 0 N–H and O–H groups in total. The van der Waals surface area contributed by atoms with Crippen LogP contribution in [0.5, 0.6) is 0 Å². The lowest BCUT2D eigenvalue weighted by atomic mass is 10.1. The summed E-state index contributed by atoms with van der Waals surface area (Å²) < 4.78 is 0. The lowest BCUT2D eigenvalue weighted by Gasteiger charge is -2.19. The Labute approximate surface area is 98.7 Å². The highest BCUT2D eigenvalue weighted by Crippen LogP contribution is 2.26. The third-order valence-electron chi connectivity index (χ3n) is 3.58. The van der Waals surface area contributed by atoms with Gasteiger partial charge in [0.25, 0.3) is 0 Å². The van der Waals surface area contributed by atoms with Gasteiger partial charge in [-0.05, 0) is 30.4 Å². The highest BCUT2D eigenvalue weighted by atomic mass is 15.1.